The predicted molar refractivity (Wildman–Crippen MR) is 70.7 cm³/mol. The van der Waals surface area contributed by atoms with Crippen molar-refractivity contribution in [1.29, 1.82) is 0 Å². The normalized spacial score (nSPS) is 15.4. The first kappa shape index (κ1) is 12.0. The Labute approximate surface area is 109 Å². The Hall–Kier alpha value is -0.480. The zero-order valence-corrected chi connectivity index (χ0v) is 11.4. The summed E-state index contributed by atoms with van der Waals surface area (Å²) in [5, 5.41) is 0. The third-order valence-electron chi connectivity index (χ3n) is 2.63. The number of thioether (sulfide) groups is 1. The van der Waals surface area contributed by atoms with Crippen molar-refractivity contribution in [3.63, 3.8) is 0 Å². The van der Waals surface area contributed by atoms with Crippen LogP contribution in [0.4, 0.5) is 0 Å². The van der Waals surface area contributed by atoms with Gasteiger partial charge in [-0.05, 0) is 37.1 Å². The average molecular weight is 300 g/mol. The van der Waals surface area contributed by atoms with E-state index in [9.17, 15) is 4.79 Å². The van der Waals surface area contributed by atoms with Crippen LogP contribution in [0, 0.1) is 0 Å². The summed E-state index contributed by atoms with van der Waals surface area (Å²) in [6, 6.07) is 8.07. The molecule has 0 N–H and O–H groups in total. The molecule has 1 aliphatic rings. The number of carbonyl (C=O) groups excluding carboxylic acids is 1. The molecular weight excluding hydrogens is 286 g/mol. The Balaban J connectivity index is 1.82. The highest BCUT2D eigenvalue weighted by Crippen LogP contribution is 2.21. The van der Waals surface area contributed by atoms with Crippen LogP contribution in [0.25, 0.3) is 0 Å². The lowest BCUT2D eigenvalue weighted by Gasteiger charge is -2.14. The van der Waals surface area contributed by atoms with Crippen molar-refractivity contribution in [2.45, 2.75) is 17.7 Å². The van der Waals surface area contributed by atoms with Gasteiger partial charge in [0.25, 0.3) is 0 Å². The third-order valence-corrected chi connectivity index (χ3v) is 4.16. The second-order valence-electron chi connectivity index (χ2n) is 3.83. The largest absolute Gasteiger partial charge is 0.342 e. The molecule has 1 saturated heterocycles. The zero-order chi connectivity index (χ0) is 11.4. The summed E-state index contributed by atoms with van der Waals surface area (Å²) >= 11 is 5.01. The fourth-order valence-corrected chi connectivity index (χ4v) is 2.80. The van der Waals surface area contributed by atoms with Gasteiger partial charge in [0.2, 0.25) is 5.91 Å². The van der Waals surface area contributed by atoms with Crippen LogP contribution in [0.1, 0.15) is 12.8 Å². The molecule has 1 aromatic rings. The fraction of sp³-hybridized carbons (Fsp3) is 0.417. The van der Waals surface area contributed by atoms with E-state index in [1.807, 2.05) is 29.2 Å². The quantitative estimate of drug-likeness (QED) is 0.799. The van der Waals surface area contributed by atoms with Crippen LogP contribution in [0.3, 0.4) is 0 Å². The maximum atomic E-state index is 11.8. The van der Waals surface area contributed by atoms with Crippen molar-refractivity contribution in [2.75, 3.05) is 18.8 Å². The van der Waals surface area contributed by atoms with Crippen LogP contribution >= 0.6 is 27.7 Å². The Bertz CT molecular complexity index is 360. The molecule has 1 aromatic carbocycles. The topological polar surface area (TPSA) is 20.3 Å². The van der Waals surface area contributed by atoms with Gasteiger partial charge in [-0.25, -0.2) is 0 Å². The molecule has 0 bridgehead atoms. The summed E-state index contributed by atoms with van der Waals surface area (Å²) in [6.07, 6.45) is 2.32. The molecule has 0 atom stereocenters. The highest BCUT2D eigenvalue weighted by molar-refractivity contribution is 9.10. The molecular formula is C12H14BrNOS. The van der Waals surface area contributed by atoms with Crippen LogP contribution in [0.2, 0.25) is 0 Å². The van der Waals surface area contributed by atoms with Crippen LogP contribution < -0.4 is 0 Å². The number of hydrogen-bond donors (Lipinski definition) is 0. The second-order valence-corrected chi connectivity index (χ2v) is 5.79. The van der Waals surface area contributed by atoms with Gasteiger partial charge in [0.05, 0.1) is 5.75 Å². The molecule has 0 unspecified atom stereocenters. The molecule has 0 saturated carbocycles. The van der Waals surface area contributed by atoms with E-state index in [2.05, 4.69) is 15.9 Å². The summed E-state index contributed by atoms with van der Waals surface area (Å²) in [5.74, 6) is 0.826. The monoisotopic (exact) mass is 299 g/mol. The van der Waals surface area contributed by atoms with Crippen molar-refractivity contribution < 1.29 is 4.79 Å². The molecule has 1 amide bonds. The Morgan fingerprint density at radius 2 is 1.88 bits per heavy atom. The third kappa shape index (κ3) is 3.25. The van der Waals surface area contributed by atoms with Crippen molar-refractivity contribution >= 4 is 33.6 Å². The van der Waals surface area contributed by atoms with Gasteiger partial charge < -0.3 is 4.90 Å². The molecule has 0 radical (unpaired) electrons. The highest BCUT2D eigenvalue weighted by atomic mass is 79.9. The van der Waals surface area contributed by atoms with Gasteiger partial charge >= 0.3 is 0 Å². The fourth-order valence-electron chi connectivity index (χ4n) is 1.73. The first-order valence-corrected chi connectivity index (χ1v) is 7.20. The SMILES string of the molecule is O=C(CSc1ccc(Br)cc1)N1CCCC1. The number of amides is 1. The molecule has 1 fully saturated rings. The first-order valence-electron chi connectivity index (χ1n) is 5.42. The molecule has 0 aliphatic carbocycles. The number of likely N-dealkylation sites (tertiary alicyclic amines) is 1. The molecule has 0 aromatic heterocycles. The van der Waals surface area contributed by atoms with E-state index in [0.29, 0.717) is 5.75 Å². The van der Waals surface area contributed by atoms with E-state index in [-0.39, 0.29) is 5.91 Å². The van der Waals surface area contributed by atoms with Gasteiger partial charge in [0.1, 0.15) is 0 Å². The summed E-state index contributed by atoms with van der Waals surface area (Å²) in [6.45, 7) is 1.89. The Kier molecular flexibility index (Phi) is 4.29. The molecule has 2 nitrogen and oxygen atoms in total. The number of benzene rings is 1. The number of rotatable bonds is 3. The van der Waals surface area contributed by atoms with Crippen LogP contribution in [0.5, 0.6) is 0 Å². The molecule has 1 aliphatic heterocycles. The van der Waals surface area contributed by atoms with Crippen molar-refractivity contribution in [3.8, 4) is 0 Å². The molecule has 0 spiro atoms. The van der Waals surface area contributed by atoms with Gasteiger partial charge in [-0.2, -0.15) is 0 Å². The number of carbonyl (C=O) groups is 1. The van der Waals surface area contributed by atoms with E-state index in [1.54, 1.807) is 11.8 Å². The summed E-state index contributed by atoms with van der Waals surface area (Å²) in [5.41, 5.74) is 0. The van der Waals surface area contributed by atoms with Crippen molar-refractivity contribution in [1.82, 2.24) is 4.90 Å². The Morgan fingerprint density at radius 1 is 1.25 bits per heavy atom. The van der Waals surface area contributed by atoms with Crippen LogP contribution in [-0.4, -0.2) is 29.6 Å². The van der Waals surface area contributed by atoms with Gasteiger partial charge in [0.15, 0.2) is 0 Å². The molecule has 2 rings (SSSR count). The van der Waals surface area contributed by atoms with Gasteiger partial charge in [0, 0.05) is 22.5 Å². The lowest BCUT2D eigenvalue weighted by Crippen LogP contribution is -2.29. The van der Waals surface area contributed by atoms with E-state index < -0.39 is 0 Å². The van der Waals surface area contributed by atoms with Crippen molar-refractivity contribution in [3.05, 3.63) is 28.7 Å². The molecule has 1 heterocycles. The summed E-state index contributed by atoms with van der Waals surface area (Å²) in [7, 11) is 0. The minimum atomic E-state index is 0.269. The number of nitrogens with zero attached hydrogens (tertiary/aromatic N) is 1. The smallest absolute Gasteiger partial charge is 0.232 e. The van der Waals surface area contributed by atoms with Crippen LogP contribution in [0.15, 0.2) is 33.6 Å². The van der Waals surface area contributed by atoms with Gasteiger partial charge in [-0.1, -0.05) is 15.9 Å². The van der Waals surface area contributed by atoms with Gasteiger partial charge in [-0.15, -0.1) is 11.8 Å². The second kappa shape index (κ2) is 5.73. The predicted octanol–water partition coefficient (Wildman–Crippen LogP) is 3.16. The average Bonchev–Trinajstić information content (AvgIpc) is 2.81. The Morgan fingerprint density at radius 3 is 2.50 bits per heavy atom. The molecule has 86 valence electrons. The van der Waals surface area contributed by atoms with Gasteiger partial charge in [-0.3, -0.25) is 4.79 Å². The number of hydrogen-bond acceptors (Lipinski definition) is 2. The minimum absolute atomic E-state index is 0.269. The standard InChI is InChI=1S/C12H14BrNOS/c13-10-3-5-11(6-4-10)16-9-12(15)14-7-1-2-8-14/h3-6H,1-2,7-9H2. The van der Waals surface area contributed by atoms with E-state index in [0.717, 1.165) is 35.3 Å². The maximum absolute atomic E-state index is 11.8. The highest BCUT2D eigenvalue weighted by Gasteiger charge is 2.17. The number of halogens is 1. The first-order chi connectivity index (χ1) is 7.75. The molecule has 16 heavy (non-hydrogen) atoms. The minimum Gasteiger partial charge on any atom is -0.342 e. The molecule has 4 heteroatoms. The van der Waals surface area contributed by atoms with Crippen molar-refractivity contribution in [2.24, 2.45) is 0 Å². The zero-order valence-electron chi connectivity index (χ0n) is 8.99. The van der Waals surface area contributed by atoms with E-state index >= 15 is 0 Å². The lowest BCUT2D eigenvalue weighted by molar-refractivity contribution is -0.127. The van der Waals surface area contributed by atoms with Crippen LogP contribution in [-0.2, 0) is 4.79 Å². The maximum Gasteiger partial charge on any atom is 0.232 e. The summed E-state index contributed by atoms with van der Waals surface area (Å²) < 4.78 is 1.07. The van der Waals surface area contributed by atoms with E-state index in [4.69, 9.17) is 0 Å². The van der Waals surface area contributed by atoms with E-state index in [1.165, 1.54) is 0 Å². The summed E-state index contributed by atoms with van der Waals surface area (Å²) in [4.78, 5) is 14.9. The lowest BCUT2D eigenvalue weighted by atomic mass is 10.4.